The third kappa shape index (κ3) is 5.27. The van der Waals surface area contributed by atoms with Crippen LogP contribution in [0.15, 0.2) is 53.8 Å². The molecule has 0 saturated heterocycles. The second-order valence-corrected chi connectivity index (χ2v) is 5.44. The first-order valence-electron chi connectivity index (χ1n) is 7.67. The lowest BCUT2D eigenvalue weighted by molar-refractivity contribution is -0.146. The molecule has 0 saturated carbocycles. The van der Waals surface area contributed by atoms with Crippen molar-refractivity contribution in [1.29, 1.82) is 0 Å². The summed E-state index contributed by atoms with van der Waals surface area (Å²) in [6.45, 7) is 1.96. The van der Waals surface area contributed by atoms with Gasteiger partial charge in [-0.3, -0.25) is 0 Å². The van der Waals surface area contributed by atoms with E-state index in [9.17, 15) is 14.1 Å². The summed E-state index contributed by atoms with van der Waals surface area (Å²) < 4.78 is 23.3. The van der Waals surface area contributed by atoms with Crippen LogP contribution in [-0.2, 0) is 22.7 Å². The standard InChI is InChI=1S/C18H19FN2O4/c1-13(18(22)24-2)21(20-23)11-14-6-8-17(9-7-14)25-12-15-4-3-5-16(19)10-15/h3-10,13H,11-12H2,1-2H3/t13-/m0/s1. The lowest BCUT2D eigenvalue weighted by atomic mass is 10.2. The maximum Gasteiger partial charge on any atom is 0.330 e. The number of esters is 1. The van der Waals surface area contributed by atoms with Crippen LogP contribution in [0.5, 0.6) is 5.75 Å². The van der Waals surface area contributed by atoms with Crippen LogP contribution >= 0.6 is 0 Å². The summed E-state index contributed by atoms with van der Waals surface area (Å²) in [6, 6.07) is 12.4. The van der Waals surface area contributed by atoms with Crippen LogP contribution in [0.2, 0.25) is 0 Å². The average molecular weight is 346 g/mol. The fourth-order valence-corrected chi connectivity index (χ4v) is 2.20. The highest BCUT2D eigenvalue weighted by atomic mass is 19.1. The van der Waals surface area contributed by atoms with Crippen molar-refractivity contribution in [3.8, 4) is 5.75 Å². The first-order chi connectivity index (χ1) is 12.0. The third-order valence-electron chi connectivity index (χ3n) is 3.66. The normalized spacial score (nSPS) is 11.5. The topological polar surface area (TPSA) is 68.2 Å². The maximum absolute atomic E-state index is 13.1. The predicted octanol–water partition coefficient (Wildman–Crippen LogP) is 3.45. The van der Waals surface area contributed by atoms with E-state index >= 15 is 0 Å². The van der Waals surface area contributed by atoms with E-state index in [0.717, 1.165) is 16.1 Å². The van der Waals surface area contributed by atoms with Gasteiger partial charge in [0.25, 0.3) is 0 Å². The number of carbonyl (C=O) groups excluding carboxylic acids is 1. The Morgan fingerprint density at radius 2 is 1.92 bits per heavy atom. The zero-order valence-electron chi connectivity index (χ0n) is 14.0. The highest BCUT2D eigenvalue weighted by Crippen LogP contribution is 2.17. The van der Waals surface area contributed by atoms with Crippen LogP contribution in [0.25, 0.3) is 0 Å². The number of ether oxygens (including phenoxy) is 2. The van der Waals surface area contributed by atoms with Crippen molar-refractivity contribution in [2.75, 3.05) is 7.11 Å². The minimum absolute atomic E-state index is 0.171. The van der Waals surface area contributed by atoms with Crippen molar-refractivity contribution in [2.45, 2.75) is 26.1 Å². The minimum Gasteiger partial charge on any atom is -0.489 e. The summed E-state index contributed by atoms with van der Waals surface area (Å²) in [5, 5.41) is 3.98. The van der Waals surface area contributed by atoms with Gasteiger partial charge in [0.05, 0.1) is 18.9 Å². The van der Waals surface area contributed by atoms with Crippen LogP contribution in [0.1, 0.15) is 18.1 Å². The summed E-state index contributed by atoms with van der Waals surface area (Å²) >= 11 is 0. The Hall–Kier alpha value is -2.96. The quantitative estimate of drug-likeness (QED) is 0.416. The molecule has 0 heterocycles. The molecule has 0 fully saturated rings. The van der Waals surface area contributed by atoms with Gasteiger partial charge in [0.2, 0.25) is 0 Å². The van der Waals surface area contributed by atoms with E-state index in [1.807, 2.05) is 0 Å². The van der Waals surface area contributed by atoms with E-state index in [0.29, 0.717) is 5.75 Å². The molecular formula is C18H19FN2O4. The average Bonchev–Trinajstić information content (AvgIpc) is 2.64. The first kappa shape index (κ1) is 18.4. The smallest absolute Gasteiger partial charge is 0.330 e. The summed E-state index contributed by atoms with van der Waals surface area (Å²) in [5.41, 5.74) is 1.51. The molecule has 2 aromatic rings. The number of halogens is 1. The Balaban J connectivity index is 1.94. The molecule has 0 amide bonds. The van der Waals surface area contributed by atoms with E-state index in [1.54, 1.807) is 43.3 Å². The van der Waals surface area contributed by atoms with Crippen LogP contribution in [0.3, 0.4) is 0 Å². The fourth-order valence-electron chi connectivity index (χ4n) is 2.20. The number of carbonyl (C=O) groups is 1. The van der Waals surface area contributed by atoms with Crippen molar-refractivity contribution in [2.24, 2.45) is 5.29 Å². The van der Waals surface area contributed by atoms with Crippen molar-refractivity contribution in [3.05, 3.63) is 70.4 Å². The number of nitroso groups, excluding NO2 is 1. The van der Waals surface area contributed by atoms with Crippen molar-refractivity contribution < 1.29 is 18.7 Å². The molecule has 0 spiro atoms. The lowest BCUT2D eigenvalue weighted by Gasteiger charge is -2.20. The van der Waals surface area contributed by atoms with Gasteiger partial charge in [-0.05, 0) is 42.3 Å². The minimum atomic E-state index is -0.772. The van der Waals surface area contributed by atoms with Gasteiger partial charge in [0.15, 0.2) is 0 Å². The summed E-state index contributed by atoms with van der Waals surface area (Å²) in [7, 11) is 1.26. The van der Waals surface area contributed by atoms with Gasteiger partial charge in [0.1, 0.15) is 24.2 Å². The number of hydrogen-bond acceptors (Lipinski definition) is 5. The second-order valence-electron chi connectivity index (χ2n) is 5.44. The molecule has 0 bridgehead atoms. The summed E-state index contributed by atoms with van der Waals surface area (Å²) in [4.78, 5) is 22.4. The third-order valence-corrected chi connectivity index (χ3v) is 3.66. The highest BCUT2D eigenvalue weighted by Gasteiger charge is 2.22. The molecule has 0 aliphatic carbocycles. The molecule has 0 unspecified atom stereocenters. The van der Waals surface area contributed by atoms with Gasteiger partial charge in [-0.2, -0.15) is 0 Å². The molecule has 132 valence electrons. The molecule has 1 atom stereocenters. The van der Waals surface area contributed by atoms with E-state index in [1.165, 1.54) is 19.2 Å². The van der Waals surface area contributed by atoms with Gasteiger partial charge in [0, 0.05) is 0 Å². The van der Waals surface area contributed by atoms with Gasteiger partial charge in [-0.1, -0.05) is 24.3 Å². The molecule has 7 heteroatoms. The van der Waals surface area contributed by atoms with E-state index < -0.39 is 12.0 Å². The number of methoxy groups -OCH3 is 1. The lowest BCUT2D eigenvalue weighted by Crippen LogP contribution is -2.35. The highest BCUT2D eigenvalue weighted by molar-refractivity contribution is 5.75. The molecule has 0 aliphatic heterocycles. The molecule has 0 N–H and O–H groups in total. The SMILES string of the molecule is COC(=O)[C@H](C)N(Cc1ccc(OCc2cccc(F)c2)cc1)N=O. The Morgan fingerprint density at radius 1 is 1.20 bits per heavy atom. The van der Waals surface area contributed by atoms with Crippen molar-refractivity contribution >= 4 is 5.97 Å². The van der Waals surface area contributed by atoms with Crippen LogP contribution in [0, 0.1) is 10.7 Å². The zero-order valence-corrected chi connectivity index (χ0v) is 14.0. The first-order valence-corrected chi connectivity index (χ1v) is 7.67. The zero-order chi connectivity index (χ0) is 18.2. The van der Waals surface area contributed by atoms with Crippen LogP contribution < -0.4 is 4.74 Å². The Bertz CT molecular complexity index is 721. The van der Waals surface area contributed by atoms with Gasteiger partial charge >= 0.3 is 5.97 Å². The molecule has 25 heavy (non-hydrogen) atoms. The van der Waals surface area contributed by atoms with Crippen LogP contribution in [0.4, 0.5) is 4.39 Å². The number of hydrogen-bond donors (Lipinski definition) is 0. The molecule has 0 aromatic heterocycles. The number of benzene rings is 2. The van der Waals surface area contributed by atoms with E-state index in [-0.39, 0.29) is 19.0 Å². The predicted molar refractivity (Wildman–Crippen MR) is 90.0 cm³/mol. The Labute approximate surface area is 145 Å². The second kappa shape index (κ2) is 8.77. The summed E-state index contributed by atoms with van der Waals surface area (Å²) in [5.74, 6) is -0.230. The molecular weight excluding hydrogens is 327 g/mol. The molecule has 2 aromatic carbocycles. The monoisotopic (exact) mass is 346 g/mol. The van der Waals surface area contributed by atoms with E-state index in [4.69, 9.17) is 4.74 Å². The largest absolute Gasteiger partial charge is 0.489 e. The number of nitrogens with zero attached hydrogens (tertiary/aromatic N) is 2. The molecule has 6 nitrogen and oxygen atoms in total. The van der Waals surface area contributed by atoms with Gasteiger partial charge in [-0.25, -0.2) is 14.2 Å². The maximum atomic E-state index is 13.1. The van der Waals surface area contributed by atoms with Crippen LogP contribution in [-0.4, -0.2) is 24.1 Å². The fraction of sp³-hybridized carbons (Fsp3) is 0.278. The van der Waals surface area contributed by atoms with Crippen molar-refractivity contribution in [1.82, 2.24) is 5.01 Å². The Morgan fingerprint density at radius 3 is 2.52 bits per heavy atom. The molecule has 0 aliphatic rings. The van der Waals surface area contributed by atoms with Gasteiger partial charge < -0.3 is 9.47 Å². The summed E-state index contributed by atoms with van der Waals surface area (Å²) in [6.07, 6.45) is 0. The Kier molecular flexibility index (Phi) is 6.45. The molecule has 2 rings (SSSR count). The molecule has 0 radical (unpaired) electrons. The van der Waals surface area contributed by atoms with Gasteiger partial charge in [-0.15, -0.1) is 4.91 Å². The number of rotatable bonds is 8. The van der Waals surface area contributed by atoms with Crippen molar-refractivity contribution in [3.63, 3.8) is 0 Å². The van der Waals surface area contributed by atoms with E-state index in [2.05, 4.69) is 10.0 Å².